The fourth-order valence-corrected chi connectivity index (χ4v) is 4.81. The van der Waals surface area contributed by atoms with E-state index in [9.17, 15) is 0 Å². The summed E-state index contributed by atoms with van der Waals surface area (Å²) in [5.74, 6) is 0. The highest BCUT2D eigenvalue weighted by molar-refractivity contribution is 5.83. The van der Waals surface area contributed by atoms with Crippen molar-refractivity contribution in [3.8, 4) is 55.6 Å². The van der Waals surface area contributed by atoms with Crippen molar-refractivity contribution in [2.45, 2.75) is 0 Å². The Bertz CT molecular complexity index is 1560. The molecule has 0 aliphatic heterocycles. The molecule has 6 rings (SSSR count). The molecule has 0 fully saturated rings. The normalized spacial score (nSPS) is 10.7. The highest BCUT2D eigenvalue weighted by Crippen LogP contribution is 2.34. The third kappa shape index (κ3) is 4.96. The fourth-order valence-electron chi connectivity index (χ4n) is 4.81. The molecule has 1 nitrogen and oxygen atoms in total. The molecule has 0 unspecified atom stereocenters. The summed E-state index contributed by atoms with van der Waals surface area (Å²) in [6.07, 6.45) is 5.59. The Morgan fingerprint density at radius 2 is 0.789 bits per heavy atom. The highest BCUT2D eigenvalue weighted by Gasteiger charge is 2.09. The quantitative estimate of drug-likeness (QED) is 0.229. The number of benzene rings is 5. The lowest BCUT2D eigenvalue weighted by atomic mass is 9.92. The molecule has 0 N–H and O–H groups in total. The van der Waals surface area contributed by atoms with Crippen molar-refractivity contribution in [3.63, 3.8) is 0 Å². The summed E-state index contributed by atoms with van der Waals surface area (Å²) in [7, 11) is 0. The zero-order chi connectivity index (χ0) is 25.7. The number of rotatable bonds is 6. The van der Waals surface area contributed by atoms with Gasteiger partial charge in [-0.3, -0.25) is 4.98 Å². The summed E-state index contributed by atoms with van der Waals surface area (Å²) in [5.41, 5.74) is 13.0. The average Bonchev–Trinajstić information content (AvgIpc) is 3.02. The van der Waals surface area contributed by atoms with Gasteiger partial charge in [0.2, 0.25) is 0 Å². The molecule has 0 radical (unpaired) electrons. The van der Waals surface area contributed by atoms with Gasteiger partial charge in [-0.2, -0.15) is 0 Å². The number of pyridine rings is 1. The van der Waals surface area contributed by atoms with Crippen LogP contribution in [0.5, 0.6) is 0 Å². The first kappa shape index (κ1) is 23.4. The second-order valence-electron chi connectivity index (χ2n) is 9.39. The zero-order valence-electron chi connectivity index (χ0n) is 21.1. The number of hydrogen-bond acceptors (Lipinski definition) is 1. The van der Waals surface area contributed by atoms with Crippen molar-refractivity contribution < 1.29 is 0 Å². The van der Waals surface area contributed by atoms with Crippen molar-refractivity contribution in [3.05, 3.63) is 158 Å². The molecule has 0 atom stereocenters. The molecule has 1 heterocycles. The van der Waals surface area contributed by atoms with E-state index >= 15 is 0 Å². The van der Waals surface area contributed by atoms with Crippen LogP contribution >= 0.6 is 0 Å². The van der Waals surface area contributed by atoms with E-state index in [1.807, 2.05) is 18.3 Å². The standard InChI is InChI=1S/C37H27N/c1-2-27-10-12-31(13-11-27)35-23-36(32-18-14-29(15-19-32)28-7-4-3-5-8-28)25-37(24-35)33-20-16-30(17-21-33)34-9-6-22-38-26-34/h2-26H,1H2. The molecule has 38 heavy (non-hydrogen) atoms. The van der Waals surface area contributed by atoms with Crippen molar-refractivity contribution in [1.82, 2.24) is 4.98 Å². The van der Waals surface area contributed by atoms with Gasteiger partial charge in [-0.1, -0.05) is 122 Å². The molecule has 0 amide bonds. The van der Waals surface area contributed by atoms with Crippen molar-refractivity contribution in [2.24, 2.45) is 0 Å². The van der Waals surface area contributed by atoms with Crippen LogP contribution in [0.1, 0.15) is 5.56 Å². The van der Waals surface area contributed by atoms with E-state index in [1.165, 1.54) is 44.5 Å². The fraction of sp³-hybridized carbons (Fsp3) is 0. The first-order valence-electron chi connectivity index (χ1n) is 12.8. The van der Waals surface area contributed by atoms with Crippen LogP contribution < -0.4 is 0 Å². The van der Waals surface area contributed by atoms with Crippen molar-refractivity contribution in [1.29, 1.82) is 0 Å². The highest BCUT2D eigenvalue weighted by atomic mass is 14.6. The van der Waals surface area contributed by atoms with Crippen LogP contribution in [-0.2, 0) is 0 Å². The number of hydrogen-bond donors (Lipinski definition) is 0. The van der Waals surface area contributed by atoms with Crippen LogP contribution in [-0.4, -0.2) is 4.98 Å². The lowest BCUT2D eigenvalue weighted by Crippen LogP contribution is -1.87. The Labute approximate surface area is 224 Å². The minimum absolute atomic E-state index is 1.12. The molecule has 5 aromatic carbocycles. The molecule has 180 valence electrons. The molecule has 0 saturated heterocycles. The van der Waals surface area contributed by atoms with E-state index in [4.69, 9.17) is 0 Å². The molecule has 0 saturated carbocycles. The van der Waals surface area contributed by atoms with E-state index in [-0.39, 0.29) is 0 Å². The Kier molecular flexibility index (Phi) is 6.49. The molecule has 0 spiro atoms. The Hall–Kier alpha value is -5.01. The van der Waals surface area contributed by atoms with E-state index < -0.39 is 0 Å². The molecule has 0 aliphatic rings. The maximum absolute atomic E-state index is 4.26. The SMILES string of the molecule is C=Cc1ccc(-c2cc(-c3ccc(-c4ccccc4)cc3)cc(-c3ccc(-c4cccnc4)cc3)c2)cc1. The van der Waals surface area contributed by atoms with Gasteiger partial charge >= 0.3 is 0 Å². The first-order valence-corrected chi connectivity index (χ1v) is 12.8. The van der Waals surface area contributed by atoms with Crippen molar-refractivity contribution in [2.75, 3.05) is 0 Å². The third-order valence-corrected chi connectivity index (χ3v) is 6.95. The van der Waals surface area contributed by atoms with Gasteiger partial charge in [0.25, 0.3) is 0 Å². The largest absolute Gasteiger partial charge is 0.264 e. The van der Waals surface area contributed by atoms with Crippen LogP contribution in [0.3, 0.4) is 0 Å². The van der Waals surface area contributed by atoms with Gasteiger partial charge in [-0.25, -0.2) is 0 Å². The van der Waals surface area contributed by atoms with Crippen molar-refractivity contribution >= 4 is 6.08 Å². The smallest absolute Gasteiger partial charge is 0.0346 e. The summed E-state index contributed by atoms with van der Waals surface area (Å²) in [6, 6.07) is 47.6. The molecule has 0 bridgehead atoms. The van der Waals surface area contributed by atoms with E-state index in [2.05, 4.69) is 139 Å². The second kappa shape index (κ2) is 10.5. The molecule has 6 aromatic rings. The number of aromatic nitrogens is 1. The minimum Gasteiger partial charge on any atom is -0.264 e. The van der Waals surface area contributed by atoms with Crippen LogP contribution in [0.2, 0.25) is 0 Å². The van der Waals surface area contributed by atoms with Crippen LogP contribution in [0.15, 0.2) is 152 Å². The maximum Gasteiger partial charge on any atom is 0.0346 e. The number of nitrogens with zero attached hydrogens (tertiary/aromatic N) is 1. The van der Waals surface area contributed by atoms with Gasteiger partial charge in [0.05, 0.1) is 0 Å². The van der Waals surface area contributed by atoms with Gasteiger partial charge in [0, 0.05) is 12.4 Å². The van der Waals surface area contributed by atoms with E-state index in [0.29, 0.717) is 0 Å². The monoisotopic (exact) mass is 485 g/mol. The minimum atomic E-state index is 1.12. The van der Waals surface area contributed by atoms with E-state index in [1.54, 1.807) is 6.20 Å². The van der Waals surface area contributed by atoms with E-state index in [0.717, 1.165) is 16.7 Å². The van der Waals surface area contributed by atoms with Crippen LogP contribution in [0.25, 0.3) is 61.7 Å². The molecule has 0 aliphatic carbocycles. The van der Waals surface area contributed by atoms with Crippen LogP contribution in [0.4, 0.5) is 0 Å². The topological polar surface area (TPSA) is 12.9 Å². The summed E-state index contributed by atoms with van der Waals surface area (Å²) >= 11 is 0. The zero-order valence-corrected chi connectivity index (χ0v) is 21.1. The molecule has 1 heteroatoms. The van der Waals surface area contributed by atoms with Crippen LogP contribution in [0, 0.1) is 0 Å². The predicted molar refractivity (Wildman–Crippen MR) is 162 cm³/mol. The van der Waals surface area contributed by atoms with Gasteiger partial charge in [0.15, 0.2) is 0 Å². The summed E-state index contributed by atoms with van der Waals surface area (Å²) in [5, 5.41) is 0. The summed E-state index contributed by atoms with van der Waals surface area (Å²) in [6.45, 7) is 3.89. The average molecular weight is 486 g/mol. The van der Waals surface area contributed by atoms with Gasteiger partial charge < -0.3 is 0 Å². The summed E-state index contributed by atoms with van der Waals surface area (Å²) < 4.78 is 0. The Morgan fingerprint density at radius 3 is 1.24 bits per heavy atom. The molecular weight excluding hydrogens is 458 g/mol. The van der Waals surface area contributed by atoms with Gasteiger partial charge in [-0.05, 0) is 85.5 Å². The van der Waals surface area contributed by atoms with Gasteiger partial charge in [-0.15, -0.1) is 0 Å². The molecular formula is C37H27N. The van der Waals surface area contributed by atoms with Gasteiger partial charge in [0.1, 0.15) is 0 Å². The lowest BCUT2D eigenvalue weighted by Gasteiger charge is -2.13. The lowest BCUT2D eigenvalue weighted by molar-refractivity contribution is 1.33. The maximum atomic E-state index is 4.26. The second-order valence-corrected chi connectivity index (χ2v) is 9.39. The first-order chi connectivity index (χ1) is 18.8. The molecule has 1 aromatic heterocycles. The Morgan fingerprint density at radius 1 is 0.395 bits per heavy atom. The predicted octanol–water partition coefficient (Wildman–Crippen LogP) is 10.1. The third-order valence-electron chi connectivity index (χ3n) is 6.95. The summed E-state index contributed by atoms with van der Waals surface area (Å²) in [4.78, 5) is 4.26. The Balaban J connectivity index is 1.42.